The highest BCUT2D eigenvalue weighted by Gasteiger charge is 2.17. The normalized spacial score (nSPS) is 12.6. The molecule has 1 atom stereocenters. The summed E-state index contributed by atoms with van der Waals surface area (Å²) in [6.45, 7) is 4.90. The second-order valence-electron chi connectivity index (χ2n) is 5.35. The summed E-state index contributed by atoms with van der Waals surface area (Å²) in [5.74, 6) is 1.61. The molecule has 112 valence electrons. The molecule has 2 aromatic carbocycles. The lowest BCUT2D eigenvalue weighted by Gasteiger charge is -2.19. The van der Waals surface area contributed by atoms with Crippen molar-refractivity contribution in [2.45, 2.75) is 13.8 Å². The molecule has 2 aromatic rings. The van der Waals surface area contributed by atoms with Crippen LogP contribution in [0.25, 0.3) is 10.8 Å². The van der Waals surface area contributed by atoms with Crippen LogP contribution in [-0.4, -0.2) is 16.9 Å². The predicted octanol–water partition coefficient (Wildman–Crippen LogP) is 4.79. The third-order valence-corrected chi connectivity index (χ3v) is 4.48. The van der Waals surface area contributed by atoms with E-state index in [9.17, 15) is 10.1 Å². The summed E-state index contributed by atoms with van der Waals surface area (Å²) in [4.78, 5) is 10.7. The summed E-state index contributed by atoms with van der Waals surface area (Å²) in [5.41, 5.74) is 0.110. The maximum Gasteiger partial charge on any atom is 0.277 e. The topological polar surface area (TPSA) is 52.4 Å². The van der Waals surface area contributed by atoms with Crippen molar-refractivity contribution in [2.24, 2.45) is 11.8 Å². The number of nitro benzene ring substituents is 1. The van der Waals surface area contributed by atoms with E-state index in [4.69, 9.17) is 4.74 Å². The van der Waals surface area contributed by atoms with Crippen molar-refractivity contribution >= 4 is 32.4 Å². The van der Waals surface area contributed by atoms with Crippen molar-refractivity contribution in [3.8, 4) is 5.75 Å². The number of benzene rings is 2. The number of nitrogens with zero attached hydrogens (tertiary/aromatic N) is 1. The molecule has 0 bridgehead atoms. The molecule has 0 aliphatic heterocycles. The van der Waals surface area contributed by atoms with Crippen LogP contribution in [0.15, 0.2) is 36.4 Å². The van der Waals surface area contributed by atoms with Gasteiger partial charge in [0.25, 0.3) is 5.69 Å². The van der Waals surface area contributed by atoms with E-state index in [0.717, 1.165) is 10.7 Å². The van der Waals surface area contributed by atoms with E-state index >= 15 is 0 Å². The lowest BCUT2D eigenvalue weighted by atomic mass is 9.99. The Morgan fingerprint density at radius 1 is 1.19 bits per heavy atom. The summed E-state index contributed by atoms with van der Waals surface area (Å²) in [7, 11) is 0. The van der Waals surface area contributed by atoms with Crippen molar-refractivity contribution in [1.82, 2.24) is 0 Å². The molecular formula is C16H18BrNO3. The number of nitro groups is 1. The molecule has 0 radical (unpaired) electrons. The Morgan fingerprint density at radius 3 is 2.43 bits per heavy atom. The number of non-ortho nitro benzene ring substituents is 1. The van der Waals surface area contributed by atoms with Gasteiger partial charge in [-0.1, -0.05) is 48.0 Å². The van der Waals surface area contributed by atoms with Crippen LogP contribution < -0.4 is 4.74 Å². The zero-order valence-corrected chi connectivity index (χ0v) is 13.7. The van der Waals surface area contributed by atoms with E-state index in [1.807, 2.05) is 12.1 Å². The molecule has 0 N–H and O–H groups in total. The predicted molar refractivity (Wildman–Crippen MR) is 88.2 cm³/mol. The molecular weight excluding hydrogens is 334 g/mol. The highest BCUT2D eigenvalue weighted by molar-refractivity contribution is 9.09. The van der Waals surface area contributed by atoms with Gasteiger partial charge in [-0.2, -0.15) is 0 Å². The van der Waals surface area contributed by atoms with E-state index in [0.29, 0.717) is 29.6 Å². The number of hydrogen-bond acceptors (Lipinski definition) is 3. The third kappa shape index (κ3) is 3.53. The Labute approximate surface area is 132 Å². The molecule has 1 unspecified atom stereocenters. The molecule has 0 aliphatic carbocycles. The maximum absolute atomic E-state index is 11.1. The molecule has 4 nitrogen and oxygen atoms in total. The Bertz CT molecular complexity index is 642. The van der Waals surface area contributed by atoms with Crippen LogP contribution in [0, 0.1) is 22.0 Å². The minimum absolute atomic E-state index is 0.110. The second-order valence-corrected chi connectivity index (χ2v) is 6.00. The standard InChI is InChI=1S/C16H18BrNO3/c1-11(2)12(9-17)10-21-16-8-7-15(18(19)20)13-5-3-4-6-14(13)16/h3-8,11-12H,9-10H2,1-2H3. The van der Waals surface area contributed by atoms with E-state index in [-0.39, 0.29) is 10.6 Å². The SMILES string of the molecule is CC(C)C(CBr)COc1ccc([N+](=O)[O-])c2ccccc12. The van der Waals surface area contributed by atoms with Crippen molar-refractivity contribution in [3.05, 3.63) is 46.5 Å². The van der Waals surface area contributed by atoms with Crippen LogP contribution in [0.4, 0.5) is 5.69 Å². The number of halogens is 1. The molecule has 0 saturated heterocycles. The van der Waals surface area contributed by atoms with Gasteiger partial charge in [-0.3, -0.25) is 10.1 Å². The quantitative estimate of drug-likeness (QED) is 0.427. The Balaban J connectivity index is 2.33. The Morgan fingerprint density at radius 2 is 1.86 bits per heavy atom. The molecule has 5 heteroatoms. The van der Waals surface area contributed by atoms with Gasteiger partial charge < -0.3 is 4.74 Å². The highest BCUT2D eigenvalue weighted by Crippen LogP contribution is 2.33. The summed E-state index contributed by atoms with van der Waals surface area (Å²) in [6, 6.07) is 10.5. The minimum atomic E-state index is -0.360. The number of ether oxygens (including phenoxy) is 1. The summed E-state index contributed by atoms with van der Waals surface area (Å²) in [5, 5.41) is 13.3. The Kier molecular flexibility index (Phi) is 5.17. The van der Waals surface area contributed by atoms with Gasteiger partial charge in [-0.15, -0.1) is 0 Å². The fraction of sp³-hybridized carbons (Fsp3) is 0.375. The average Bonchev–Trinajstić information content (AvgIpc) is 2.47. The highest BCUT2D eigenvalue weighted by atomic mass is 79.9. The minimum Gasteiger partial charge on any atom is -0.493 e. The van der Waals surface area contributed by atoms with Crippen LogP contribution in [0.5, 0.6) is 5.75 Å². The van der Waals surface area contributed by atoms with E-state index < -0.39 is 0 Å². The van der Waals surface area contributed by atoms with Crippen LogP contribution in [0.1, 0.15) is 13.8 Å². The van der Waals surface area contributed by atoms with Crippen LogP contribution in [0.3, 0.4) is 0 Å². The van der Waals surface area contributed by atoms with Gasteiger partial charge in [0.05, 0.1) is 16.9 Å². The van der Waals surface area contributed by atoms with Gasteiger partial charge in [-0.05, 0) is 18.1 Å². The van der Waals surface area contributed by atoms with Crippen LogP contribution >= 0.6 is 15.9 Å². The molecule has 21 heavy (non-hydrogen) atoms. The van der Waals surface area contributed by atoms with Gasteiger partial charge in [-0.25, -0.2) is 0 Å². The first kappa shape index (κ1) is 15.8. The Hall–Kier alpha value is -1.62. The first-order valence-corrected chi connectivity index (χ1v) is 8.01. The summed E-state index contributed by atoms with van der Waals surface area (Å²) in [6.07, 6.45) is 0. The number of fused-ring (bicyclic) bond motifs is 1. The lowest BCUT2D eigenvalue weighted by Crippen LogP contribution is -2.19. The third-order valence-electron chi connectivity index (χ3n) is 3.65. The van der Waals surface area contributed by atoms with Gasteiger partial charge >= 0.3 is 0 Å². The van der Waals surface area contributed by atoms with Crippen molar-refractivity contribution in [1.29, 1.82) is 0 Å². The zero-order chi connectivity index (χ0) is 15.4. The largest absolute Gasteiger partial charge is 0.493 e. The van der Waals surface area contributed by atoms with Gasteiger partial charge in [0.15, 0.2) is 0 Å². The summed E-state index contributed by atoms with van der Waals surface area (Å²) < 4.78 is 5.92. The maximum atomic E-state index is 11.1. The lowest BCUT2D eigenvalue weighted by molar-refractivity contribution is -0.383. The number of hydrogen-bond donors (Lipinski definition) is 0. The first-order valence-electron chi connectivity index (χ1n) is 6.89. The van der Waals surface area contributed by atoms with Crippen LogP contribution in [-0.2, 0) is 0 Å². The monoisotopic (exact) mass is 351 g/mol. The molecule has 0 aliphatic rings. The van der Waals surface area contributed by atoms with Crippen molar-refractivity contribution in [2.75, 3.05) is 11.9 Å². The van der Waals surface area contributed by atoms with Gasteiger partial charge in [0.2, 0.25) is 0 Å². The van der Waals surface area contributed by atoms with Gasteiger partial charge in [0.1, 0.15) is 5.75 Å². The van der Waals surface area contributed by atoms with Crippen LogP contribution in [0.2, 0.25) is 0 Å². The molecule has 0 saturated carbocycles. The van der Waals surface area contributed by atoms with E-state index in [1.54, 1.807) is 18.2 Å². The molecule has 0 amide bonds. The zero-order valence-electron chi connectivity index (χ0n) is 12.1. The second kappa shape index (κ2) is 6.89. The van der Waals surface area contributed by atoms with Gasteiger partial charge in [0, 0.05) is 22.7 Å². The molecule has 0 spiro atoms. The smallest absolute Gasteiger partial charge is 0.277 e. The number of alkyl halides is 1. The van der Waals surface area contributed by atoms with E-state index in [2.05, 4.69) is 29.8 Å². The fourth-order valence-corrected chi connectivity index (χ4v) is 3.09. The molecule has 0 heterocycles. The fourth-order valence-electron chi connectivity index (χ4n) is 2.15. The van der Waals surface area contributed by atoms with Crippen molar-refractivity contribution in [3.63, 3.8) is 0 Å². The van der Waals surface area contributed by atoms with Crippen molar-refractivity contribution < 1.29 is 9.66 Å². The molecule has 2 rings (SSSR count). The molecule has 0 fully saturated rings. The first-order chi connectivity index (χ1) is 10.0. The number of rotatable bonds is 6. The van der Waals surface area contributed by atoms with E-state index in [1.165, 1.54) is 6.07 Å². The molecule has 0 aromatic heterocycles. The summed E-state index contributed by atoms with van der Waals surface area (Å²) >= 11 is 3.50. The average molecular weight is 352 g/mol.